The van der Waals surface area contributed by atoms with Crippen LogP contribution in [0.25, 0.3) is 0 Å². The van der Waals surface area contributed by atoms with Crippen molar-refractivity contribution in [2.75, 3.05) is 19.0 Å². The number of esters is 2. The molecule has 0 bridgehead atoms. The Bertz CT molecular complexity index is 1270. The van der Waals surface area contributed by atoms with Gasteiger partial charge >= 0.3 is 11.9 Å². The monoisotopic (exact) mass is 887 g/mol. The van der Waals surface area contributed by atoms with Crippen molar-refractivity contribution in [3.05, 3.63) is 36.5 Å². The number of allylic oxidation sites excluding steroid dienone is 6. The zero-order valence-electron chi connectivity index (χ0n) is 38.0. The lowest BCUT2D eigenvalue weighted by atomic mass is 10.00. The molecule has 6 atom stereocenters. The standard InChI is InChI=1S/C48H86O12S/c1-3-5-7-9-11-13-15-17-19-20-21-23-24-26-28-30-32-34-36-43(49)57-38-41(39-58-48-47(53)46(52)45(51)42(60-48)40-61(54,55)56)59-44(50)37-35-33-31-29-27-25-22-18-16-14-12-10-8-6-4-2/h6,8,12,14,18,22,41-42,45-48,51-53H,3-5,7,9-11,13,15-17,19-21,23-40H2,1-2H3,(H,54,55,56)/b8-6+,14-12+,22-18+/t41-,42-,45-,46?,47?,48+/m1/s1. The van der Waals surface area contributed by atoms with Gasteiger partial charge < -0.3 is 34.3 Å². The molecule has 2 unspecified atom stereocenters. The van der Waals surface area contributed by atoms with Gasteiger partial charge in [-0.05, 0) is 44.9 Å². The summed E-state index contributed by atoms with van der Waals surface area (Å²) in [6.07, 6.45) is 34.7. The predicted octanol–water partition coefficient (Wildman–Crippen LogP) is 10.2. The van der Waals surface area contributed by atoms with E-state index in [1.165, 1.54) is 89.9 Å². The van der Waals surface area contributed by atoms with Crippen molar-refractivity contribution in [2.24, 2.45) is 0 Å². The fourth-order valence-corrected chi connectivity index (χ4v) is 7.97. The summed E-state index contributed by atoms with van der Waals surface area (Å²) in [5.74, 6) is -2.00. The number of aliphatic hydroxyl groups is 3. The summed E-state index contributed by atoms with van der Waals surface area (Å²) in [7, 11) is -4.60. The maximum atomic E-state index is 12.8. The van der Waals surface area contributed by atoms with E-state index in [4.69, 9.17) is 18.9 Å². The summed E-state index contributed by atoms with van der Waals surface area (Å²) < 4.78 is 54.1. The van der Waals surface area contributed by atoms with Crippen molar-refractivity contribution in [1.82, 2.24) is 0 Å². The van der Waals surface area contributed by atoms with Gasteiger partial charge in [0.2, 0.25) is 0 Å². The molecule has 0 amide bonds. The van der Waals surface area contributed by atoms with Gasteiger partial charge in [-0.3, -0.25) is 14.1 Å². The molecule has 1 aliphatic rings. The molecule has 1 aliphatic heterocycles. The first kappa shape index (κ1) is 56.9. The molecule has 1 saturated heterocycles. The third-order valence-electron chi connectivity index (χ3n) is 11.0. The second kappa shape index (κ2) is 38.3. The van der Waals surface area contributed by atoms with E-state index in [0.29, 0.717) is 12.8 Å². The van der Waals surface area contributed by atoms with Crippen molar-refractivity contribution < 1.29 is 56.8 Å². The van der Waals surface area contributed by atoms with E-state index in [1.807, 2.05) is 0 Å². The van der Waals surface area contributed by atoms with Crippen LogP contribution in [0.15, 0.2) is 36.5 Å². The lowest BCUT2D eigenvalue weighted by Gasteiger charge is -2.40. The third kappa shape index (κ3) is 33.1. The Labute approximate surface area is 370 Å². The van der Waals surface area contributed by atoms with Crippen LogP contribution in [0.2, 0.25) is 0 Å². The molecule has 13 heteroatoms. The van der Waals surface area contributed by atoms with E-state index >= 15 is 0 Å². The van der Waals surface area contributed by atoms with Gasteiger partial charge in [-0.1, -0.05) is 179 Å². The zero-order chi connectivity index (χ0) is 44.8. The maximum absolute atomic E-state index is 12.8. The molecule has 61 heavy (non-hydrogen) atoms. The highest BCUT2D eigenvalue weighted by molar-refractivity contribution is 7.85. The number of carbonyl (C=O) groups is 2. The molecular weight excluding hydrogens is 801 g/mol. The minimum atomic E-state index is -4.60. The minimum absolute atomic E-state index is 0.146. The average Bonchev–Trinajstić information content (AvgIpc) is 3.22. The Morgan fingerprint density at radius 2 is 1.03 bits per heavy atom. The van der Waals surface area contributed by atoms with Crippen molar-refractivity contribution in [3.63, 3.8) is 0 Å². The molecule has 0 aromatic carbocycles. The first-order valence-electron chi connectivity index (χ1n) is 24.0. The largest absolute Gasteiger partial charge is 0.462 e. The Kier molecular flexibility index (Phi) is 35.8. The van der Waals surface area contributed by atoms with E-state index in [1.54, 1.807) is 0 Å². The van der Waals surface area contributed by atoms with Gasteiger partial charge in [0.05, 0.1) is 6.61 Å². The van der Waals surface area contributed by atoms with Gasteiger partial charge in [0.1, 0.15) is 36.8 Å². The minimum Gasteiger partial charge on any atom is -0.462 e. The van der Waals surface area contributed by atoms with Crippen LogP contribution >= 0.6 is 0 Å². The number of hydrogen-bond donors (Lipinski definition) is 4. The Morgan fingerprint density at radius 3 is 1.54 bits per heavy atom. The number of rotatable bonds is 40. The first-order valence-corrected chi connectivity index (χ1v) is 25.7. The average molecular weight is 887 g/mol. The van der Waals surface area contributed by atoms with Crippen LogP contribution in [0.1, 0.15) is 200 Å². The van der Waals surface area contributed by atoms with Crippen molar-refractivity contribution in [3.8, 4) is 0 Å². The van der Waals surface area contributed by atoms with Crippen LogP contribution in [0.3, 0.4) is 0 Å². The van der Waals surface area contributed by atoms with E-state index in [9.17, 15) is 37.9 Å². The van der Waals surface area contributed by atoms with Crippen molar-refractivity contribution in [2.45, 2.75) is 237 Å². The maximum Gasteiger partial charge on any atom is 0.306 e. The molecule has 12 nitrogen and oxygen atoms in total. The van der Waals surface area contributed by atoms with Crippen LogP contribution < -0.4 is 0 Å². The molecule has 0 radical (unpaired) electrons. The molecule has 4 N–H and O–H groups in total. The Balaban J connectivity index is 2.41. The van der Waals surface area contributed by atoms with Gasteiger partial charge in [-0.25, -0.2) is 0 Å². The number of hydrogen-bond acceptors (Lipinski definition) is 11. The number of carbonyl (C=O) groups excluding carboxylic acids is 2. The van der Waals surface area contributed by atoms with Crippen LogP contribution in [-0.4, -0.2) is 96.0 Å². The molecule has 0 saturated carbocycles. The topological polar surface area (TPSA) is 186 Å². The fraction of sp³-hybridized carbons (Fsp3) is 0.833. The second-order valence-electron chi connectivity index (χ2n) is 16.8. The first-order chi connectivity index (χ1) is 29.5. The quantitative estimate of drug-likeness (QED) is 0.0198. The zero-order valence-corrected chi connectivity index (χ0v) is 38.8. The smallest absolute Gasteiger partial charge is 0.306 e. The summed E-state index contributed by atoms with van der Waals surface area (Å²) in [6, 6.07) is 0. The van der Waals surface area contributed by atoms with Gasteiger partial charge in [0.25, 0.3) is 10.1 Å². The highest BCUT2D eigenvalue weighted by Gasteiger charge is 2.46. The molecule has 1 rings (SSSR count). The lowest BCUT2D eigenvalue weighted by Crippen LogP contribution is -2.60. The van der Waals surface area contributed by atoms with Gasteiger partial charge in [0.15, 0.2) is 12.4 Å². The molecule has 1 heterocycles. The van der Waals surface area contributed by atoms with E-state index in [-0.39, 0.29) is 19.4 Å². The van der Waals surface area contributed by atoms with Crippen molar-refractivity contribution >= 4 is 22.1 Å². The fourth-order valence-electron chi connectivity index (χ4n) is 7.28. The second-order valence-corrected chi connectivity index (χ2v) is 18.2. The molecule has 0 aromatic heterocycles. The summed E-state index contributed by atoms with van der Waals surface area (Å²) >= 11 is 0. The van der Waals surface area contributed by atoms with Crippen LogP contribution in [0.5, 0.6) is 0 Å². The summed E-state index contributed by atoms with van der Waals surface area (Å²) in [5, 5.41) is 30.9. The van der Waals surface area contributed by atoms with E-state index in [2.05, 4.69) is 50.3 Å². The number of aliphatic hydroxyl groups excluding tert-OH is 3. The Hall–Kier alpha value is -2.13. The van der Waals surface area contributed by atoms with E-state index < -0.39 is 71.2 Å². The van der Waals surface area contributed by atoms with Gasteiger partial charge in [-0.2, -0.15) is 8.42 Å². The molecule has 0 aliphatic carbocycles. The van der Waals surface area contributed by atoms with Gasteiger partial charge in [0, 0.05) is 12.8 Å². The van der Waals surface area contributed by atoms with E-state index in [0.717, 1.165) is 70.6 Å². The van der Waals surface area contributed by atoms with Crippen molar-refractivity contribution in [1.29, 1.82) is 0 Å². The summed E-state index contributed by atoms with van der Waals surface area (Å²) in [6.45, 7) is 3.65. The SMILES string of the molecule is CC/C=C/C/C=C/C/C=C/CCCCCCCC(=O)O[C@H](COC(=O)CCCCCCCCCCCCCCCCCCCC)CO[C@H]1O[C@H](CS(=O)(=O)O)[C@@H](O)C(O)C1O. The van der Waals surface area contributed by atoms with Crippen LogP contribution in [0, 0.1) is 0 Å². The Morgan fingerprint density at radius 1 is 0.574 bits per heavy atom. The van der Waals surface area contributed by atoms with Crippen LogP contribution in [0.4, 0.5) is 0 Å². The molecular formula is C48H86O12S. The predicted molar refractivity (Wildman–Crippen MR) is 243 cm³/mol. The highest BCUT2D eigenvalue weighted by atomic mass is 32.2. The normalized spacial score (nSPS) is 20.3. The molecule has 1 fully saturated rings. The summed E-state index contributed by atoms with van der Waals surface area (Å²) in [5.41, 5.74) is 0. The molecule has 356 valence electrons. The lowest BCUT2D eigenvalue weighted by molar-refractivity contribution is -0.297. The van der Waals surface area contributed by atoms with Gasteiger partial charge in [-0.15, -0.1) is 0 Å². The van der Waals surface area contributed by atoms with Crippen LogP contribution in [-0.2, 0) is 38.7 Å². The third-order valence-corrected chi connectivity index (χ3v) is 11.7. The number of ether oxygens (including phenoxy) is 4. The summed E-state index contributed by atoms with van der Waals surface area (Å²) in [4.78, 5) is 25.4. The molecule has 0 aromatic rings. The molecule has 0 spiro atoms. The number of unbranched alkanes of at least 4 members (excludes halogenated alkanes) is 22. The highest BCUT2D eigenvalue weighted by Crippen LogP contribution is 2.24.